The summed E-state index contributed by atoms with van der Waals surface area (Å²) in [7, 11) is 0. The van der Waals surface area contributed by atoms with Crippen molar-refractivity contribution < 1.29 is 14.7 Å². The van der Waals surface area contributed by atoms with Gasteiger partial charge in [0.15, 0.2) is 0 Å². The highest BCUT2D eigenvalue weighted by Gasteiger charge is 2.16. The van der Waals surface area contributed by atoms with Crippen LogP contribution in [0.3, 0.4) is 0 Å². The van der Waals surface area contributed by atoms with Crippen LogP contribution in [0.2, 0.25) is 0 Å². The maximum atomic E-state index is 11.9. The molecule has 5 heteroatoms. The zero-order valence-corrected chi connectivity index (χ0v) is 12.0. The summed E-state index contributed by atoms with van der Waals surface area (Å²) in [6, 6.07) is 10.4. The molecule has 0 radical (unpaired) electrons. The van der Waals surface area contributed by atoms with Crippen molar-refractivity contribution in [3.8, 4) is 0 Å². The molecule has 0 bridgehead atoms. The fourth-order valence-corrected chi connectivity index (χ4v) is 2.50. The molecule has 108 valence electrons. The number of hydrogen-bond donors (Lipinski definition) is 2. The molecule has 1 aromatic carbocycles. The van der Waals surface area contributed by atoms with Gasteiger partial charge in [-0.1, -0.05) is 30.3 Å². The maximum Gasteiger partial charge on any atom is 0.305 e. The highest BCUT2D eigenvalue weighted by atomic mass is 32.1. The van der Waals surface area contributed by atoms with E-state index < -0.39 is 12.0 Å². The van der Waals surface area contributed by atoms with E-state index in [0.29, 0.717) is 0 Å². The normalized spacial score (nSPS) is 12.2. The first kappa shape index (κ1) is 15.0. The zero-order valence-electron chi connectivity index (χ0n) is 11.2. The van der Waals surface area contributed by atoms with E-state index in [2.05, 4.69) is 5.32 Å². The molecule has 0 fully saturated rings. The van der Waals surface area contributed by atoms with E-state index in [0.717, 1.165) is 11.1 Å². The maximum absolute atomic E-state index is 11.9. The molecule has 0 saturated heterocycles. The average Bonchev–Trinajstić information content (AvgIpc) is 2.98. The molecule has 2 N–H and O–H groups in total. The minimum absolute atomic E-state index is 0.151. The highest BCUT2D eigenvalue weighted by Crippen LogP contribution is 2.16. The topological polar surface area (TPSA) is 66.4 Å². The van der Waals surface area contributed by atoms with Crippen LogP contribution in [0.1, 0.15) is 23.6 Å². The van der Waals surface area contributed by atoms with Crippen LogP contribution in [-0.4, -0.2) is 17.0 Å². The Bertz CT molecular complexity index is 620. The Balaban J connectivity index is 2.04. The van der Waals surface area contributed by atoms with Crippen LogP contribution in [0.4, 0.5) is 0 Å². The van der Waals surface area contributed by atoms with Crippen molar-refractivity contribution in [1.29, 1.82) is 0 Å². The number of benzene rings is 1. The third-order valence-corrected chi connectivity index (χ3v) is 3.57. The van der Waals surface area contributed by atoms with Gasteiger partial charge in [0.1, 0.15) is 0 Å². The van der Waals surface area contributed by atoms with Gasteiger partial charge in [-0.05, 0) is 34.0 Å². The van der Waals surface area contributed by atoms with Crippen LogP contribution >= 0.6 is 11.3 Å². The van der Waals surface area contributed by atoms with E-state index in [-0.39, 0.29) is 12.3 Å². The van der Waals surface area contributed by atoms with E-state index in [4.69, 9.17) is 5.11 Å². The van der Waals surface area contributed by atoms with Gasteiger partial charge in [-0.15, -0.1) is 0 Å². The molecule has 0 aliphatic carbocycles. The molecule has 0 aliphatic heterocycles. The number of aliphatic carboxylic acids is 1. The summed E-state index contributed by atoms with van der Waals surface area (Å²) >= 11 is 1.55. The first-order chi connectivity index (χ1) is 10.1. The second kappa shape index (κ2) is 7.40. The Labute approximate surface area is 126 Å². The summed E-state index contributed by atoms with van der Waals surface area (Å²) in [5.74, 6) is -1.26. The number of nitrogens with one attached hydrogen (secondary N) is 1. The van der Waals surface area contributed by atoms with Crippen molar-refractivity contribution in [2.45, 2.75) is 12.5 Å². The lowest BCUT2D eigenvalue weighted by molar-refractivity contribution is -0.137. The highest BCUT2D eigenvalue weighted by molar-refractivity contribution is 7.08. The Hall–Kier alpha value is -2.40. The van der Waals surface area contributed by atoms with Crippen molar-refractivity contribution in [1.82, 2.24) is 5.32 Å². The van der Waals surface area contributed by atoms with Gasteiger partial charge in [-0.25, -0.2) is 0 Å². The second-order valence-electron chi connectivity index (χ2n) is 4.46. The number of carbonyl (C=O) groups is 2. The molecule has 4 nitrogen and oxygen atoms in total. The van der Waals surface area contributed by atoms with E-state index in [1.54, 1.807) is 29.5 Å². The zero-order chi connectivity index (χ0) is 15.1. The van der Waals surface area contributed by atoms with Gasteiger partial charge < -0.3 is 10.4 Å². The molecule has 1 amide bonds. The number of carboxylic acid groups (broad SMARTS) is 1. The van der Waals surface area contributed by atoms with Crippen molar-refractivity contribution in [3.05, 3.63) is 64.4 Å². The first-order valence-electron chi connectivity index (χ1n) is 6.42. The largest absolute Gasteiger partial charge is 0.481 e. The molecular formula is C16H15NO3S. The number of carboxylic acids is 1. The average molecular weight is 301 g/mol. The minimum atomic E-state index is -0.953. The summed E-state index contributed by atoms with van der Waals surface area (Å²) in [5.41, 5.74) is 1.72. The van der Waals surface area contributed by atoms with Gasteiger partial charge in [0.2, 0.25) is 5.91 Å². The molecule has 0 saturated carbocycles. The third kappa shape index (κ3) is 4.89. The smallest absolute Gasteiger partial charge is 0.305 e. The lowest BCUT2D eigenvalue weighted by Gasteiger charge is -2.16. The summed E-state index contributed by atoms with van der Waals surface area (Å²) in [6.07, 6.45) is 2.97. The minimum Gasteiger partial charge on any atom is -0.481 e. The summed E-state index contributed by atoms with van der Waals surface area (Å²) < 4.78 is 0. The van der Waals surface area contributed by atoms with Crippen LogP contribution < -0.4 is 5.32 Å². The van der Waals surface area contributed by atoms with Crippen LogP contribution in [-0.2, 0) is 9.59 Å². The molecule has 2 rings (SSSR count). The van der Waals surface area contributed by atoms with E-state index in [1.807, 2.05) is 35.0 Å². The molecular weight excluding hydrogens is 286 g/mol. The fraction of sp³-hybridized carbons (Fsp3) is 0.125. The predicted molar refractivity (Wildman–Crippen MR) is 82.9 cm³/mol. The number of amides is 1. The van der Waals surface area contributed by atoms with Gasteiger partial charge in [0, 0.05) is 6.08 Å². The second-order valence-corrected chi connectivity index (χ2v) is 5.24. The Morgan fingerprint density at radius 1 is 1.24 bits per heavy atom. The molecule has 2 aromatic rings. The van der Waals surface area contributed by atoms with Crippen LogP contribution in [0.25, 0.3) is 6.08 Å². The molecule has 21 heavy (non-hydrogen) atoms. The predicted octanol–water partition coefficient (Wildman–Crippen LogP) is 3.09. The third-order valence-electron chi connectivity index (χ3n) is 2.87. The Morgan fingerprint density at radius 2 is 2.00 bits per heavy atom. The van der Waals surface area contributed by atoms with Crippen LogP contribution in [0.15, 0.2) is 53.2 Å². The monoisotopic (exact) mass is 301 g/mol. The Morgan fingerprint density at radius 3 is 2.62 bits per heavy atom. The van der Waals surface area contributed by atoms with E-state index in [1.165, 1.54) is 6.08 Å². The van der Waals surface area contributed by atoms with Crippen molar-refractivity contribution in [2.75, 3.05) is 0 Å². The van der Waals surface area contributed by atoms with Gasteiger partial charge in [-0.2, -0.15) is 11.3 Å². The molecule has 1 heterocycles. The number of rotatable bonds is 6. The number of hydrogen-bond acceptors (Lipinski definition) is 3. The summed E-state index contributed by atoms with van der Waals surface area (Å²) in [5, 5.41) is 15.5. The quantitative estimate of drug-likeness (QED) is 0.806. The summed E-state index contributed by atoms with van der Waals surface area (Å²) in [6.45, 7) is 0. The molecule has 0 aliphatic rings. The van der Waals surface area contributed by atoms with E-state index in [9.17, 15) is 9.59 Å². The molecule has 1 aromatic heterocycles. The van der Waals surface area contributed by atoms with Gasteiger partial charge in [-0.3, -0.25) is 9.59 Å². The Kier molecular flexibility index (Phi) is 5.29. The SMILES string of the molecule is O=C(O)C[C@H](NC(=O)/C=C/c1ccsc1)c1ccccc1. The molecule has 0 unspecified atom stereocenters. The van der Waals surface area contributed by atoms with Gasteiger partial charge in [0.05, 0.1) is 12.5 Å². The van der Waals surface area contributed by atoms with Crippen LogP contribution in [0.5, 0.6) is 0 Å². The molecule has 1 atom stereocenters. The van der Waals surface area contributed by atoms with Crippen molar-refractivity contribution in [3.63, 3.8) is 0 Å². The van der Waals surface area contributed by atoms with Crippen molar-refractivity contribution in [2.24, 2.45) is 0 Å². The van der Waals surface area contributed by atoms with Gasteiger partial charge >= 0.3 is 5.97 Å². The van der Waals surface area contributed by atoms with E-state index >= 15 is 0 Å². The summed E-state index contributed by atoms with van der Waals surface area (Å²) in [4.78, 5) is 22.9. The lowest BCUT2D eigenvalue weighted by Crippen LogP contribution is -2.28. The van der Waals surface area contributed by atoms with Gasteiger partial charge in [0.25, 0.3) is 0 Å². The van der Waals surface area contributed by atoms with Crippen molar-refractivity contribution >= 4 is 29.3 Å². The number of carbonyl (C=O) groups excluding carboxylic acids is 1. The number of thiophene rings is 1. The molecule has 0 spiro atoms. The first-order valence-corrected chi connectivity index (χ1v) is 7.37. The standard InChI is InChI=1S/C16H15NO3S/c18-15(7-6-12-8-9-21-11-12)17-14(10-16(19)20)13-4-2-1-3-5-13/h1-9,11,14H,10H2,(H,17,18)(H,19,20)/b7-6+/t14-/m0/s1. The lowest BCUT2D eigenvalue weighted by atomic mass is 10.0. The fourth-order valence-electron chi connectivity index (χ4n) is 1.87. The van der Waals surface area contributed by atoms with Crippen LogP contribution in [0, 0.1) is 0 Å².